The molecular weight excluding hydrogens is 190 g/mol. The minimum absolute atomic E-state index is 0.0678. The summed E-state index contributed by atoms with van der Waals surface area (Å²) in [4.78, 5) is 3.88. The third-order valence-corrected chi connectivity index (χ3v) is 1.83. The van der Waals surface area contributed by atoms with E-state index in [1.54, 1.807) is 24.3 Å². The third-order valence-electron chi connectivity index (χ3n) is 1.66. The number of hydrogen-bond acceptors (Lipinski definition) is 3. The lowest BCUT2D eigenvalue weighted by Gasteiger charge is -1.97. The Hall–Kier alpha value is -1.48. The van der Waals surface area contributed by atoms with Crippen LogP contribution in [0.3, 0.4) is 0 Å². The van der Waals surface area contributed by atoms with Crippen LogP contribution in [0.15, 0.2) is 34.9 Å². The molecular formula is C9H6ClNO2. The van der Waals surface area contributed by atoms with Gasteiger partial charge >= 0.3 is 0 Å². The third kappa shape index (κ3) is 1.51. The number of para-hydroxylation sites is 1. The summed E-state index contributed by atoms with van der Waals surface area (Å²) in [5, 5.41) is 9.52. The minimum atomic E-state index is 0.0678. The highest BCUT2D eigenvalue weighted by atomic mass is 35.5. The maximum Gasteiger partial charge on any atom is 0.292 e. The fourth-order valence-electron chi connectivity index (χ4n) is 1.07. The van der Waals surface area contributed by atoms with Gasteiger partial charge in [0.05, 0.1) is 0 Å². The number of phenolic OH excluding ortho intramolecular Hbond substituents is 1. The largest absolute Gasteiger partial charge is 0.507 e. The summed E-state index contributed by atoms with van der Waals surface area (Å²) in [6.45, 7) is 0. The van der Waals surface area contributed by atoms with E-state index in [0.29, 0.717) is 11.3 Å². The summed E-state index contributed by atoms with van der Waals surface area (Å²) in [7, 11) is 0. The van der Waals surface area contributed by atoms with Crippen molar-refractivity contribution in [3.05, 3.63) is 35.9 Å². The van der Waals surface area contributed by atoms with Crippen LogP contribution in [0.25, 0.3) is 11.3 Å². The van der Waals surface area contributed by atoms with Gasteiger partial charge in [-0.2, -0.15) is 4.98 Å². The molecule has 0 aliphatic carbocycles. The molecule has 0 unspecified atom stereocenters. The van der Waals surface area contributed by atoms with E-state index in [0.717, 1.165) is 0 Å². The number of aromatic hydroxyl groups is 1. The number of hydrogen-bond donors (Lipinski definition) is 1. The van der Waals surface area contributed by atoms with E-state index in [4.69, 9.17) is 16.0 Å². The van der Waals surface area contributed by atoms with E-state index >= 15 is 0 Å². The maximum absolute atomic E-state index is 9.45. The fraction of sp³-hybridized carbons (Fsp3) is 0. The van der Waals surface area contributed by atoms with Crippen LogP contribution in [0.5, 0.6) is 5.75 Å². The topological polar surface area (TPSA) is 46.3 Å². The van der Waals surface area contributed by atoms with Gasteiger partial charge in [0.1, 0.15) is 17.7 Å². The minimum Gasteiger partial charge on any atom is -0.507 e. The Bertz CT molecular complexity index is 425. The standard InChI is InChI=1S/C9H6ClNO2/c10-9-11-7(5-13-9)6-3-1-2-4-8(6)12/h1-5,12H. The molecule has 4 heteroatoms. The van der Waals surface area contributed by atoms with E-state index in [1.807, 2.05) is 0 Å². The molecule has 1 N–H and O–H groups in total. The molecule has 1 aromatic heterocycles. The summed E-state index contributed by atoms with van der Waals surface area (Å²) in [5.41, 5.74) is 1.14. The molecule has 0 radical (unpaired) electrons. The van der Waals surface area contributed by atoms with E-state index in [1.165, 1.54) is 6.26 Å². The van der Waals surface area contributed by atoms with Gasteiger partial charge in [0.15, 0.2) is 0 Å². The fourth-order valence-corrected chi connectivity index (χ4v) is 1.20. The first-order valence-electron chi connectivity index (χ1n) is 3.67. The molecule has 0 aliphatic rings. The Morgan fingerprint density at radius 3 is 2.69 bits per heavy atom. The quantitative estimate of drug-likeness (QED) is 0.761. The SMILES string of the molecule is Oc1ccccc1-c1coc(Cl)n1. The van der Waals surface area contributed by atoms with Gasteiger partial charge in [-0.15, -0.1) is 0 Å². The Morgan fingerprint density at radius 2 is 2.08 bits per heavy atom. The molecule has 0 spiro atoms. The highest BCUT2D eigenvalue weighted by Crippen LogP contribution is 2.28. The Morgan fingerprint density at radius 1 is 1.31 bits per heavy atom. The average Bonchev–Trinajstić information content (AvgIpc) is 2.53. The van der Waals surface area contributed by atoms with Crippen molar-refractivity contribution < 1.29 is 9.52 Å². The van der Waals surface area contributed by atoms with E-state index < -0.39 is 0 Å². The molecule has 0 bridgehead atoms. The molecule has 2 rings (SSSR count). The molecule has 1 aromatic carbocycles. The van der Waals surface area contributed by atoms with Gasteiger partial charge in [0.25, 0.3) is 5.35 Å². The molecule has 0 fully saturated rings. The van der Waals surface area contributed by atoms with Gasteiger partial charge in [0, 0.05) is 5.56 Å². The van der Waals surface area contributed by atoms with E-state index in [9.17, 15) is 5.11 Å². The first kappa shape index (κ1) is 8.13. The van der Waals surface area contributed by atoms with Crippen molar-refractivity contribution in [2.24, 2.45) is 0 Å². The zero-order valence-electron chi connectivity index (χ0n) is 6.57. The second-order valence-electron chi connectivity index (χ2n) is 2.50. The van der Waals surface area contributed by atoms with Gasteiger partial charge in [-0.1, -0.05) is 12.1 Å². The zero-order chi connectivity index (χ0) is 9.26. The first-order chi connectivity index (χ1) is 6.27. The number of oxazole rings is 1. The summed E-state index contributed by atoms with van der Waals surface area (Å²) in [6.07, 6.45) is 1.40. The van der Waals surface area contributed by atoms with Crippen molar-refractivity contribution in [3.8, 4) is 17.0 Å². The van der Waals surface area contributed by atoms with Crippen molar-refractivity contribution in [2.75, 3.05) is 0 Å². The first-order valence-corrected chi connectivity index (χ1v) is 4.04. The van der Waals surface area contributed by atoms with E-state index in [-0.39, 0.29) is 11.1 Å². The molecule has 0 saturated heterocycles. The van der Waals surface area contributed by atoms with Gasteiger partial charge in [0.2, 0.25) is 0 Å². The Balaban J connectivity index is 2.52. The summed E-state index contributed by atoms with van der Waals surface area (Å²) in [6, 6.07) is 6.86. The van der Waals surface area contributed by atoms with Crippen LogP contribution >= 0.6 is 11.6 Å². The number of phenols is 1. The summed E-state index contributed by atoms with van der Waals surface area (Å²) >= 11 is 5.50. The van der Waals surface area contributed by atoms with Gasteiger partial charge in [-0.25, -0.2) is 0 Å². The Labute approximate surface area is 79.6 Å². The molecule has 66 valence electrons. The summed E-state index contributed by atoms with van der Waals surface area (Å²) < 4.78 is 4.82. The number of rotatable bonds is 1. The lowest BCUT2D eigenvalue weighted by atomic mass is 10.1. The molecule has 3 nitrogen and oxygen atoms in total. The zero-order valence-corrected chi connectivity index (χ0v) is 7.32. The van der Waals surface area contributed by atoms with Gasteiger partial charge < -0.3 is 9.52 Å². The maximum atomic E-state index is 9.45. The number of aromatic nitrogens is 1. The lowest BCUT2D eigenvalue weighted by molar-refractivity contribution is 0.477. The second kappa shape index (κ2) is 3.11. The monoisotopic (exact) mass is 195 g/mol. The van der Waals surface area contributed by atoms with Crippen LogP contribution in [0.4, 0.5) is 0 Å². The molecule has 0 aliphatic heterocycles. The molecule has 1 heterocycles. The lowest BCUT2D eigenvalue weighted by Crippen LogP contribution is -1.77. The number of benzene rings is 1. The predicted octanol–water partition coefficient (Wildman–Crippen LogP) is 2.70. The van der Waals surface area contributed by atoms with Crippen LogP contribution in [-0.4, -0.2) is 10.1 Å². The van der Waals surface area contributed by atoms with Crippen LogP contribution in [0.1, 0.15) is 0 Å². The van der Waals surface area contributed by atoms with Crippen LogP contribution < -0.4 is 0 Å². The number of halogens is 1. The summed E-state index contributed by atoms with van der Waals surface area (Å²) in [5.74, 6) is 0.160. The van der Waals surface area contributed by atoms with Crippen molar-refractivity contribution in [1.29, 1.82) is 0 Å². The average molecular weight is 196 g/mol. The van der Waals surface area contributed by atoms with Gasteiger partial charge in [-0.3, -0.25) is 0 Å². The van der Waals surface area contributed by atoms with Crippen LogP contribution in [0.2, 0.25) is 5.35 Å². The van der Waals surface area contributed by atoms with Crippen molar-refractivity contribution >= 4 is 11.6 Å². The predicted molar refractivity (Wildman–Crippen MR) is 48.6 cm³/mol. The molecule has 0 atom stereocenters. The van der Waals surface area contributed by atoms with Crippen molar-refractivity contribution in [1.82, 2.24) is 4.98 Å². The van der Waals surface area contributed by atoms with Crippen molar-refractivity contribution in [3.63, 3.8) is 0 Å². The van der Waals surface area contributed by atoms with Crippen LogP contribution in [0, 0.1) is 0 Å². The number of nitrogens with zero attached hydrogens (tertiary/aromatic N) is 1. The molecule has 0 amide bonds. The normalized spacial score (nSPS) is 10.2. The molecule has 0 saturated carbocycles. The highest BCUT2D eigenvalue weighted by Gasteiger charge is 2.07. The van der Waals surface area contributed by atoms with Crippen molar-refractivity contribution in [2.45, 2.75) is 0 Å². The smallest absolute Gasteiger partial charge is 0.292 e. The Kier molecular flexibility index (Phi) is 1.94. The molecule has 13 heavy (non-hydrogen) atoms. The van der Waals surface area contributed by atoms with E-state index in [2.05, 4.69) is 4.98 Å². The highest BCUT2D eigenvalue weighted by molar-refractivity contribution is 6.27. The second-order valence-corrected chi connectivity index (χ2v) is 2.83. The van der Waals surface area contributed by atoms with Crippen LogP contribution in [-0.2, 0) is 0 Å². The van der Waals surface area contributed by atoms with Gasteiger partial charge in [-0.05, 0) is 23.7 Å². The molecule has 2 aromatic rings.